The topological polar surface area (TPSA) is 46.2 Å². The Hall–Kier alpha value is -1.07. The van der Waals surface area contributed by atoms with Crippen LogP contribution in [0.3, 0.4) is 0 Å². The summed E-state index contributed by atoms with van der Waals surface area (Å²) in [7, 11) is 0. The van der Waals surface area contributed by atoms with Gasteiger partial charge in [-0.3, -0.25) is 0 Å². The summed E-state index contributed by atoms with van der Waals surface area (Å²) in [5, 5.41) is 9.66. The summed E-state index contributed by atoms with van der Waals surface area (Å²) in [6.07, 6.45) is -4.25. The van der Waals surface area contributed by atoms with E-state index in [2.05, 4.69) is 0 Å². The summed E-state index contributed by atoms with van der Waals surface area (Å²) >= 11 is 0. The minimum absolute atomic E-state index is 0.00322. The van der Waals surface area contributed by atoms with Crippen LogP contribution in [0.5, 0.6) is 0 Å². The van der Waals surface area contributed by atoms with Crippen LogP contribution in [0, 0.1) is 0 Å². The molecular formula is C11H14F3NO. The zero-order valence-electron chi connectivity index (χ0n) is 8.88. The van der Waals surface area contributed by atoms with Gasteiger partial charge in [0.1, 0.15) is 0 Å². The third-order valence-corrected chi connectivity index (χ3v) is 2.28. The van der Waals surface area contributed by atoms with Crippen LogP contribution in [0.1, 0.15) is 18.1 Å². The summed E-state index contributed by atoms with van der Waals surface area (Å²) in [5.41, 5.74) is 3.84. The summed E-state index contributed by atoms with van der Waals surface area (Å²) < 4.78 is 37.2. The van der Waals surface area contributed by atoms with Gasteiger partial charge in [0, 0.05) is 13.0 Å². The Balaban J connectivity index is 2.92. The van der Waals surface area contributed by atoms with E-state index >= 15 is 0 Å². The molecule has 1 aromatic carbocycles. The van der Waals surface area contributed by atoms with Gasteiger partial charge < -0.3 is 10.8 Å². The Morgan fingerprint density at radius 1 is 1.31 bits per heavy atom. The van der Waals surface area contributed by atoms with Crippen LogP contribution >= 0.6 is 0 Å². The molecule has 0 amide bonds. The standard InChI is InChI=1S/C11H14F3NO/c1-10(16,7-15)6-8-3-2-4-9(5-8)11(12,13)14/h2-5,16H,6-7,15H2,1H3. The van der Waals surface area contributed by atoms with Crippen molar-refractivity contribution in [3.8, 4) is 0 Å². The van der Waals surface area contributed by atoms with Gasteiger partial charge in [-0.25, -0.2) is 0 Å². The highest BCUT2D eigenvalue weighted by molar-refractivity contribution is 5.26. The molecule has 0 bridgehead atoms. The van der Waals surface area contributed by atoms with Crippen LogP contribution < -0.4 is 5.73 Å². The van der Waals surface area contributed by atoms with Gasteiger partial charge in [0.2, 0.25) is 0 Å². The van der Waals surface area contributed by atoms with Crippen LogP contribution in [0.4, 0.5) is 13.2 Å². The summed E-state index contributed by atoms with van der Waals surface area (Å²) in [6.45, 7) is 1.50. The second-order valence-corrected chi connectivity index (χ2v) is 4.08. The van der Waals surface area contributed by atoms with Crippen LogP contribution in [0.15, 0.2) is 24.3 Å². The fraction of sp³-hybridized carbons (Fsp3) is 0.455. The Labute approximate surface area is 91.9 Å². The predicted molar refractivity (Wildman–Crippen MR) is 54.8 cm³/mol. The minimum Gasteiger partial charge on any atom is -0.389 e. The molecule has 1 aromatic rings. The quantitative estimate of drug-likeness (QED) is 0.838. The van der Waals surface area contributed by atoms with Crippen molar-refractivity contribution in [2.24, 2.45) is 5.73 Å². The van der Waals surface area contributed by atoms with Gasteiger partial charge in [0.25, 0.3) is 0 Å². The first-order chi connectivity index (χ1) is 7.24. The van der Waals surface area contributed by atoms with E-state index in [9.17, 15) is 18.3 Å². The van der Waals surface area contributed by atoms with Crippen molar-refractivity contribution in [3.05, 3.63) is 35.4 Å². The normalized spacial score (nSPS) is 15.9. The van der Waals surface area contributed by atoms with Crippen molar-refractivity contribution in [2.75, 3.05) is 6.54 Å². The molecule has 90 valence electrons. The molecule has 0 aromatic heterocycles. The number of aliphatic hydroxyl groups is 1. The van der Waals surface area contributed by atoms with Gasteiger partial charge in [0.05, 0.1) is 11.2 Å². The first kappa shape index (κ1) is 13.0. The second-order valence-electron chi connectivity index (χ2n) is 4.08. The summed E-state index contributed by atoms with van der Waals surface area (Å²) in [4.78, 5) is 0. The zero-order valence-corrected chi connectivity index (χ0v) is 8.88. The lowest BCUT2D eigenvalue weighted by Gasteiger charge is -2.21. The maximum atomic E-state index is 12.4. The van der Waals surface area contributed by atoms with Crippen LogP contribution in [-0.2, 0) is 12.6 Å². The average molecular weight is 233 g/mol. The van der Waals surface area contributed by atoms with Crippen molar-refractivity contribution < 1.29 is 18.3 Å². The van der Waals surface area contributed by atoms with E-state index in [0.717, 1.165) is 12.1 Å². The lowest BCUT2D eigenvalue weighted by atomic mass is 9.95. The lowest BCUT2D eigenvalue weighted by Crippen LogP contribution is -2.36. The molecule has 1 unspecified atom stereocenters. The van der Waals surface area contributed by atoms with E-state index in [-0.39, 0.29) is 13.0 Å². The van der Waals surface area contributed by atoms with E-state index in [4.69, 9.17) is 5.73 Å². The smallest absolute Gasteiger partial charge is 0.389 e. The maximum Gasteiger partial charge on any atom is 0.416 e. The molecule has 1 rings (SSSR count). The molecule has 0 aliphatic rings. The average Bonchev–Trinajstić information content (AvgIpc) is 2.16. The van der Waals surface area contributed by atoms with Gasteiger partial charge in [0.15, 0.2) is 0 Å². The fourth-order valence-corrected chi connectivity index (χ4v) is 1.37. The zero-order chi connectivity index (χ0) is 12.4. The Kier molecular flexibility index (Phi) is 3.60. The lowest BCUT2D eigenvalue weighted by molar-refractivity contribution is -0.137. The largest absolute Gasteiger partial charge is 0.416 e. The summed E-state index contributed by atoms with van der Waals surface area (Å²) in [6, 6.07) is 4.90. The number of hydrogen-bond donors (Lipinski definition) is 2. The highest BCUT2D eigenvalue weighted by atomic mass is 19.4. The first-order valence-corrected chi connectivity index (χ1v) is 4.83. The number of alkyl halides is 3. The highest BCUT2D eigenvalue weighted by Crippen LogP contribution is 2.30. The third-order valence-electron chi connectivity index (χ3n) is 2.28. The molecule has 0 saturated carbocycles. The highest BCUT2D eigenvalue weighted by Gasteiger charge is 2.30. The van der Waals surface area contributed by atoms with Gasteiger partial charge in [-0.1, -0.05) is 18.2 Å². The number of rotatable bonds is 3. The molecule has 1 atom stereocenters. The molecule has 0 aliphatic carbocycles. The van der Waals surface area contributed by atoms with E-state index in [0.29, 0.717) is 5.56 Å². The molecule has 16 heavy (non-hydrogen) atoms. The van der Waals surface area contributed by atoms with Gasteiger partial charge in [-0.05, 0) is 18.6 Å². The molecule has 3 N–H and O–H groups in total. The first-order valence-electron chi connectivity index (χ1n) is 4.83. The third kappa shape index (κ3) is 3.50. The molecule has 0 radical (unpaired) electrons. The van der Waals surface area contributed by atoms with Gasteiger partial charge >= 0.3 is 6.18 Å². The Morgan fingerprint density at radius 2 is 1.94 bits per heavy atom. The Morgan fingerprint density at radius 3 is 2.44 bits per heavy atom. The molecule has 5 heteroatoms. The second kappa shape index (κ2) is 4.43. The molecule has 0 fully saturated rings. The fourth-order valence-electron chi connectivity index (χ4n) is 1.37. The van der Waals surface area contributed by atoms with E-state index < -0.39 is 17.3 Å². The number of nitrogens with two attached hydrogens (primary N) is 1. The van der Waals surface area contributed by atoms with E-state index in [1.165, 1.54) is 13.0 Å². The van der Waals surface area contributed by atoms with Crippen molar-refractivity contribution in [3.63, 3.8) is 0 Å². The van der Waals surface area contributed by atoms with E-state index in [1.54, 1.807) is 6.07 Å². The molecule has 2 nitrogen and oxygen atoms in total. The number of hydrogen-bond acceptors (Lipinski definition) is 2. The molecular weight excluding hydrogens is 219 g/mol. The monoisotopic (exact) mass is 233 g/mol. The van der Waals surface area contributed by atoms with Crippen LogP contribution in [-0.4, -0.2) is 17.3 Å². The van der Waals surface area contributed by atoms with Crippen molar-refractivity contribution in [1.82, 2.24) is 0 Å². The molecule has 0 heterocycles. The van der Waals surface area contributed by atoms with Crippen LogP contribution in [0.25, 0.3) is 0 Å². The van der Waals surface area contributed by atoms with Crippen molar-refractivity contribution in [1.29, 1.82) is 0 Å². The maximum absolute atomic E-state index is 12.4. The summed E-state index contributed by atoms with van der Waals surface area (Å²) in [5.74, 6) is 0. The van der Waals surface area contributed by atoms with Crippen LogP contribution in [0.2, 0.25) is 0 Å². The van der Waals surface area contributed by atoms with E-state index in [1.807, 2.05) is 0 Å². The molecule has 0 aliphatic heterocycles. The van der Waals surface area contributed by atoms with Crippen molar-refractivity contribution in [2.45, 2.75) is 25.1 Å². The van der Waals surface area contributed by atoms with Gasteiger partial charge in [-0.15, -0.1) is 0 Å². The molecule has 0 spiro atoms. The number of halogens is 3. The number of benzene rings is 1. The molecule has 0 saturated heterocycles. The Bertz CT molecular complexity index is 360. The van der Waals surface area contributed by atoms with Gasteiger partial charge in [-0.2, -0.15) is 13.2 Å². The predicted octanol–water partition coefficient (Wildman–Crippen LogP) is 1.96. The SMILES string of the molecule is CC(O)(CN)Cc1cccc(C(F)(F)F)c1. The minimum atomic E-state index is -4.36. The van der Waals surface area contributed by atoms with Crippen molar-refractivity contribution >= 4 is 0 Å².